The zero-order valence-corrected chi connectivity index (χ0v) is 10.0. The number of nitrogens with zero attached hydrogens (tertiary/aromatic N) is 1. The van der Waals surface area contributed by atoms with Gasteiger partial charge in [-0.2, -0.15) is 0 Å². The van der Waals surface area contributed by atoms with Crippen LogP contribution >= 0.6 is 38.5 Å². The zero-order chi connectivity index (χ0) is 8.55. The second-order valence-electron chi connectivity index (χ2n) is 2.75. The van der Waals surface area contributed by atoms with E-state index in [0.29, 0.717) is 6.10 Å². The molecule has 0 radical (unpaired) electrons. The van der Waals surface area contributed by atoms with Crippen molar-refractivity contribution in [3.05, 3.63) is 20.4 Å². The van der Waals surface area contributed by atoms with Gasteiger partial charge in [0.05, 0.1) is 15.9 Å². The minimum Gasteiger partial charge on any atom is -0.488 e. The normalized spacial score (nSPS) is 16.2. The van der Waals surface area contributed by atoms with Crippen LogP contribution in [-0.2, 0) is 0 Å². The predicted molar refractivity (Wildman–Crippen MR) is 58.3 cm³/mol. The Hall–Kier alpha value is 0.160. The molecule has 1 aliphatic carbocycles. The number of halogens is 2. The average molecular weight is 340 g/mol. The van der Waals surface area contributed by atoms with Gasteiger partial charge in [0.2, 0.25) is 0 Å². The van der Waals surface area contributed by atoms with Crippen molar-refractivity contribution >= 4 is 38.5 Å². The van der Waals surface area contributed by atoms with E-state index < -0.39 is 0 Å². The zero-order valence-electron chi connectivity index (χ0n) is 6.26. The van der Waals surface area contributed by atoms with Crippen molar-refractivity contribution in [2.24, 2.45) is 0 Å². The van der Waals surface area contributed by atoms with E-state index in [1.54, 1.807) is 6.20 Å². The van der Waals surface area contributed by atoms with E-state index in [-0.39, 0.29) is 0 Å². The predicted octanol–water partition coefficient (Wildman–Crippen LogP) is 2.99. The fraction of sp³-hybridized carbons (Fsp3) is 0.375. The van der Waals surface area contributed by atoms with E-state index in [1.165, 1.54) is 12.8 Å². The summed E-state index contributed by atoms with van der Waals surface area (Å²) in [6.07, 6.45) is 4.59. The minimum absolute atomic E-state index is 0.446. The summed E-state index contributed by atoms with van der Waals surface area (Å²) >= 11 is 5.56. The number of pyridine rings is 1. The molecule has 0 saturated heterocycles. The molecular formula is C8H7BrINO. The molecule has 1 fully saturated rings. The van der Waals surface area contributed by atoms with Crippen molar-refractivity contribution in [1.29, 1.82) is 0 Å². The second kappa shape index (κ2) is 3.49. The lowest BCUT2D eigenvalue weighted by atomic mass is 10.5. The molecule has 0 N–H and O–H groups in total. The molecule has 4 heteroatoms. The van der Waals surface area contributed by atoms with Crippen LogP contribution in [0, 0.1) is 3.57 Å². The van der Waals surface area contributed by atoms with Gasteiger partial charge in [0, 0.05) is 0 Å². The van der Waals surface area contributed by atoms with Crippen LogP contribution in [0.15, 0.2) is 16.9 Å². The Kier molecular flexibility index (Phi) is 2.55. The summed E-state index contributed by atoms with van der Waals surface area (Å²) in [5.74, 6) is 0.904. The standard InChI is InChI=1S/C8H7BrINO/c9-8-3-6(10)7(4-11-8)12-5-1-2-5/h3-5H,1-2H2. The quantitative estimate of drug-likeness (QED) is 0.610. The molecule has 0 unspecified atom stereocenters. The highest BCUT2D eigenvalue weighted by atomic mass is 127. The summed E-state index contributed by atoms with van der Waals surface area (Å²) < 4.78 is 7.59. The van der Waals surface area contributed by atoms with Gasteiger partial charge in [-0.15, -0.1) is 0 Å². The third kappa shape index (κ3) is 2.10. The summed E-state index contributed by atoms with van der Waals surface area (Å²) in [5.41, 5.74) is 0. The van der Waals surface area contributed by atoms with Crippen molar-refractivity contribution in [1.82, 2.24) is 4.98 Å². The number of ether oxygens (including phenoxy) is 1. The maximum Gasteiger partial charge on any atom is 0.151 e. The molecule has 12 heavy (non-hydrogen) atoms. The lowest BCUT2D eigenvalue weighted by Crippen LogP contribution is -1.98. The first-order chi connectivity index (χ1) is 5.75. The maximum atomic E-state index is 5.62. The first-order valence-corrected chi connectivity index (χ1v) is 5.60. The molecule has 0 aliphatic heterocycles. The molecule has 2 rings (SSSR count). The first-order valence-electron chi connectivity index (χ1n) is 3.73. The van der Waals surface area contributed by atoms with Crippen LogP contribution in [-0.4, -0.2) is 11.1 Å². The van der Waals surface area contributed by atoms with Crippen LogP contribution in [0.5, 0.6) is 5.75 Å². The summed E-state index contributed by atoms with van der Waals surface area (Å²) in [5, 5.41) is 0. The van der Waals surface area contributed by atoms with E-state index >= 15 is 0 Å². The van der Waals surface area contributed by atoms with Gasteiger partial charge >= 0.3 is 0 Å². The Morgan fingerprint density at radius 1 is 1.58 bits per heavy atom. The van der Waals surface area contributed by atoms with E-state index in [1.807, 2.05) is 6.07 Å². The highest BCUT2D eigenvalue weighted by Gasteiger charge is 2.24. The van der Waals surface area contributed by atoms with E-state index in [9.17, 15) is 0 Å². The molecule has 2 nitrogen and oxygen atoms in total. The van der Waals surface area contributed by atoms with Gasteiger partial charge in [-0.3, -0.25) is 0 Å². The molecule has 1 saturated carbocycles. The minimum atomic E-state index is 0.446. The van der Waals surface area contributed by atoms with Crippen molar-refractivity contribution in [2.75, 3.05) is 0 Å². The van der Waals surface area contributed by atoms with Gasteiger partial charge in [-0.25, -0.2) is 4.98 Å². The Balaban J connectivity index is 2.18. The van der Waals surface area contributed by atoms with Gasteiger partial charge in [-0.05, 0) is 57.4 Å². The number of rotatable bonds is 2. The summed E-state index contributed by atoms with van der Waals surface area (Å²) in [6.45, 7) is 0. The van der Waals surface area contributed by atoms with Crippen molar-refractivity contribution in [2.45, 2.75) is 18.9 Å². The van der Waals surface area contributed by atoms with Crippen LogP contribution in [0.1, 0.15) is 12.8 Å². The highest BCUT2D eigenvalue weighted by molar-refractivity contribution is 14.1. The molecule has 0 bridgehead atoms. The monoisotopic (exact) mass is 339 g/mol. The Morgan fingerprint density at radius 2 is 2.33 bits per heavy atom. The molecule has 1 heterocycles. The molecule has 0 spiro atoms. The molecule has 1 aromatic rings. The highest BCUT2D eigenvalue weighted by Crippen LogP contribution is 2.30. The van der Waals surface area contributed by atoms with Crippen LogP contribution < -0.4 is 4.74 Å². The molecule has 1 aliphatic rings. The lowest BCUT2D eigenvalue weighted by molar-refractivity contribution is 0.299. The van der Waals surface area contributed by atoms with Gasteiger partial charge in [0.1, 0.15) is 4.60 Å². The Morgan fingerprint density at radius 3 is 2.92 bits per heavy atom. The van der Waals surface area contributed by atoms with Crippen LogP contribution in [0.2, 0.25) is 0 Å². The maximum absolute atomic E-state index is 5.62. The summed E-state index contributed by atoms with van der Waals surface area (Å²) in [6, 6.07) is 1.96. The number of hydrogen-bond donors (Lipinski definition) is 0. The third-order valence-electron chi connectivity index (χ3n) is 1.60. The second-order valence-corrected chi connectivity index (χ2v) is 4.73. The van der Waals surface area contributed by atoms with E-state index in [2.05, 4.69) is 43.5 Å². The molecule has 0 aromatic carbocycles. The van der Waals surface area contributed by atoms with Crippen molar-refractivity contribution in [3.63, 3.8) is 0 Å². The largest absolute Gasteiger partial charge is 0.488 e. The van der Waals surface area contributed by atoms with Crippen molar-refractivity contribution in [3.8, 4) is 5.75 Å². The number of hydrogen-bond acceptors (Lipinski definition) is 2. The first kappa shape index (κ1) is 8.74. The Labute approximate surface area is 93.0 Å². The van der Waals surface area contributed by atoms with Crippen molar-refractivity contribution < 1.29 is 4.74 Å². The average Bonchev–Trinajstić information content (AvgIpc) is 2.79. The Bertz CT molecular complexity index is 301. The van der Waals surface area contributed by atoms with Gasteiger partial charge in [0.25, 0.3) is 0 Å². The van der Waals surface area contributed by atoms with Crippen LogP contribution in [0.25, 0.3) is 0 Å². The molecule has 1 aromatic heterocycles. The third-order valence-corrected chi connectivity index (χ3v) is 2.88. The van der Waals surface area contributed by atoms with Gasteiger partial charge < -0.3 is 4.74 Å². The van der Waals surface area contributed by atoms with Gasteiger partial charge in [-0.1, -0.05) is 0 Å². The van der Waals surface area contributed by atoms with Crippen LogP contribution in [0.4, 0.5) is 0 Å². The van der Waals surface area contributed by atoms with Crippen LogP contribution in [0.3, 0.4) is 0 Å². The summed E-state index contributed by atoms with van der Waals surface area (Å²) in [7, 11) is 0. The fourth-order valence-electron chi connectivity index (χ4n) is 0.847. The number of aromatic nitrogens is 1. The SMILES string of the molecule is Brc1cc(I)c(OC2CC2)cn1. The lowest BCUT2D eigenvalue weighted by Gasteiger charge is -2.05. The van der Waals surface area contributed by atoms with E-state index in [0.717, 1.165) is 13.9 Å². The smallest absolute Gasteiger partial charge is 0.151 e. The molecule has 64 valence electrons. The molecule has 0 amide bonds. The van der Waals surface area contributed by atoms with E-state index in [4.69, 9.17) is 4.74 Å². The fourth-order valence-corrected chi connectivity index (χ4v) is 2.17. The molecule has 0 atom stereocenters. The molecular weight excluding hydrogens is 333 g/mol. The van der Waals surface area contributed by atoms with Gasteiger partial charge in [0.15, 0.2) is 5.75 Å². The topological polar surface area (TPSA) is 22.1 Å². The summed E-state index contributed by atoms with van der Waals surface area (Å²) in [4.78, 5) is 4.11.